The van der Waals surface area contributed by atoms with E-state index in [0.717, 1.165) is 28.0 Å². The lowest BCUT2D eigenvalue weighted by molar-refractivity contribution is 0.628. The normalized spacial score (nSPS) is 10.8. The Kier molecular flexibility index (Phi) is 3.76. The van der Waals surface area contributed by atoms with Gasteiger partial charge in [0.2, 0.25) is 0 Å². The maximum Gasteiger partial charge on any atom is 0.123 e. The fourth-order valence-corrected chi connectivity index (χ4v) is 2.50. The van der Waals surface area contributed by atoms with Crippen molar-refractivity contribution in [3.8, 4) is 0 Å². The van der Waals surface area contributed by atoms with E-state index in [1.807, 2.05) is 42.3 Å². The number of benzene rings is 2. The molecular weight excluding hydrogens is 287 g/mol. The molecule has 0 saturated heterocycles. The Hall–Kier alpha value is -2.13. The largest absolute Gasteiger partial charge is 0.344 e. The van der Waals surface area contributed by atoms with Gasteiger partial charge in [-0.2, -0.15) is 0 Å². The van der Waals surface area contributed by atoms with E-state index in [-0.39, 0.29) is 5.82 Å². The summed E-state index contributed by atoms with van der Waals surface area (Å²) in [5.74, 6) is 0.114. The van der Waals surface area contributed by atoms with Crippen LogP contribution in [-0.2, 0) is 5.88 Å². The lowest BCUT2D eigenvalue weighted by Gasteiger charge is -2.22. The van der Waals surface area contributed by atoms with E-state index in [0.29, 0.717) is 5.88 Å². The Balaban J connectivity index is 2.16. The summed E-state index contributed by atoms with van der Waals surface area (Å²) in [5, 5.41) is 1.04. The van der Waals surface area contributed by atoms with Crippen LogP contribution in [0.4, 0.5) is 15.8 Å². The average Bonchev–Trinajstić information content (AvgIpc) is 2.53. The van der Waals surface area contributed by atoms with Crippen LogP contribution in [0, 0.1) is 5.82 Å². The van der Waals surface area contributed by atoms with Crippen molar-refractivity contribution in [2.75, 3.05) is 11.9 Å². The monoisotopic (exact) mass is 300 g/mol. The van der Waals surface area contributed by atoms with Gasteiger partial charge in [0.05, 0.1) is 22.8 Å². The number of hydrogen-bond acceptors (Lipinski definition) is 2. The smallest absolute Gasteiger partial charge is 0.123 e. The molecule has 0 saturated carbocycles. The Morgan fingerprint density at radius 2 is 1.81 bits per heavy atom. The Bertz CT molecular complexity index is 771. The van der Waals surface area contributed by atoms with Gasteiger partial charge >= 0.3 is 0 Å². The molecule has 0 radical (unpaired) electrons. The van der Waals surface area contributed by atoms with Crippen molar-refractivity contribution in [1.29, 1.82) is 0 Å². The predicted octanol–water partition coefficient (Wildman–Crippen LogP) is 4.88. The maximum atomic E-state index is 13.1. The zero-order valence-electron chi connectivity index (χ0n) is 11.6. The van der Waals surface area contributed by atoms with Crippen molar-refractivity contribution in [2.24, 2.45) is 0 Å². The van der Waals surface area contributed by atoms with Gasteiger partial charge in [0, 0.05) is 18.1 Å². The Labute approximate surface area is 127 Å². The van der Waals surface area contributed by atoms with Crippen LogP contribution in [0.5, 0.6) is 0 Å². The number of fused-ring (bicyclic) bond motifs is 1. The van der Waals surface area contributed by atoms with E-state index >= 15 is 0 Å². The molecule has 0 aliphatic rings. The first-order chi connectivity index (χ1) is 10.2. The minimum atomic E-state index is -0.242. The summed E-state index contributed by atoms with van der Waals surface area (Å²) < 4.78 is 13.1. The zero-order chi connectivity index (χ0) is 14.8. The fourth-order valence-electron chi connectivity index (χ4n) is 2.36. The van der Waals surface area contributed by atoms with Gasteiger partial charge in [-0.05, 0) is 36.4 Å². The summed E-state index contributed by atoms with van der Waals surface area (Å²) >= 11 is 5.94. The highest BCUT2D eigenvalue weighted by molar-refractivity contribution is 6.17. The second kappa shape index (κ2) is 5.70. The SMILES string of the molecule is CN(c1ccc(F)cc1)c1cc(CCl)nc2ccccc12. The van der Waals surface area contributed by atoms with Crippen LogP contribution in [0.2, 0.25) is 0 Å². The molecule has 0 aliphatic carbocycles. The molecule has 0 atom stereocenters. The number of pyridine rings is 1. The fraction of sp³-hybridized carbons (Fsp3) is 0.118. The molecule has 1 heterocycles. The molecule has 3 aromatic rings. The summed E-state index contributed by atoms with van der Waals surface area (Å²) in [4.78, 5) is 6.54. The number of anilines is 2. The van der Waals surface area contributed by atoms with Crippen LogP contribution in [0.3, 0.4) is 0 Å². The number of alkyl halides is 1. The van der Waals surface area contributed by atoms with Crippen LogP contribution >= 0.6 is 11.6 Å². The summed E-state index contributed by atoms with van der Waals surface area (Å²) in [5.41, 5.74) is 3.63. The summed E-state index contributed by atoms with van der Waals surface area (Å²) in [6.07, 6.45) is 0. The van der Waals surface area contributed by atoms with Gasteiger partial charge in [-0.3, -0.25) is 4.98 Å². The van der Waals surface area contributed by atoms with Gasteiger partial charge in [0.25, 0.3) is 0 Å². The first-order valence-corrected chi connectivity index (χ1v) is 7.16. The number of halogens is 2. The van der Waals surface area contributed by atoms with Crippen molar-refractivity contribution >= 4 is 33.9 Å². The first-order valence-electron chi connectivity index (χ1n) is 6.63. The molecule has 21 heavy (non-hydrogen) atoms. The van der Waals surface area contributed by atoms with Crippen molar-refractivity contribution in [1.82, 2.24) is 4.98 Å². The third kappa shape index (κ3) is 2.69. The van der Waals surface area contributed by atoms with Crippen LogP contribution in [0.1, 0.15) is 5.69 Å². The van der Waals surface area contributed by atoms with Crippen LogP contribution in [0.15, 0.2) is 54.6 Å². The standard InChI is InChI=1S/C17H14ClFN2/c1-21(14-8-6-12(19)7-9-14)17-10-13(11-18)20-16-5-3-2-4-15(16)17/h2-10H,11H2,1H3. The van der Waals surface area contributed by atoms with Crippen LogP contribution < -0.4 is 4.90 Å². The number of nitrogens with zero attached hydrogens (tertiary/aromatic N) is 2. The molecule has 3 rings (SSSR count). The highest BCUT2D eigenvalue weighted by Crippen LogP contribution is 2.31. The minimum absolute atomic E-state index is 0.242. The van der Waals surface area contributed by atoms with Gasteiger partial charge in [-0.1, -0.05) is 18.2 Å². The zero-order valence-corrected chi connectivity index (χ0v) is 12.3. The second-order valence-electron chi connectivity index (χ2n) is 4.82. The van der Waals surface area contributed by atoms with Gasteiger partial charge in [0.1, 0.15) is 5.82 Å². The van der Waals surface area contributed by atoms with E-state index in [1.54, 1.807) is 12.1 Å². The molecule has 0 bridgehead atoms. The molecule has 106 valence electrons. The lowest BCUT2D eigenvalue weighted by Crippen LogP contribution is -2.11. The maximum absolute atomic E-state index is 13.1. The number of hydrogen-bond donors (Lipinski definition) is 0. The quantitative estimate of drug-likeness (QED) is 0.641. The molecule has 0 N–H and O–H groups in total. The Morgan fingerprint density at radius 1 is 1.10 bits per heavy atom. The number of rotatable bonds is 3. The molecule has 2 nitrogen and oxygen atoms in total. The van der Waals surface area contributed by atoms with Gasteiger partial charge in [-0.25, -0.2) is 4.39 Å². The molecule has 0 unspecified atom stereocenters. The van der Waals surface area contributed by atoms with E-state index in [4.69, 9.17) is 11.6 Å². The molecule has 1 aromatic heterocycles. The molecule has 0 amide bonds. The molecule has 0 fully saturated rings. The molecule has 0 aliphatic heterocycles. The van der Waals surface area contributed by atoms with Gasteiger partial charge in [0.15, 0.2) is 0 Å². The van der Waals surface area contributed by atoms with Crippen molar-refractivity contribution in [2.45, 2.75) is 5.88 Å². The van der Waals surface area contributed by atoms with E-state index in [9.17, 15) is 4.39 Å². The molecule has 0 spiro atoms. The molecule has 4 heteroatoms. The number of aromatic nitrogens is 1. The Morgan fingerprint density at radius 3 is 2.52 bits per heavy atom. The van der Waals surface area contributed by atoms with Crippen molar-refractivity contribution < 1.29 is 4.39 Å². The molecular formula is C17H14ClFN2. The van der Waals surface area contributed by atoms with Crippen LogP contribution in [-0.4, -0.2) is 12.0 Å². The van der Waals surface area contributed by atoms with E-state index in [1.165, 1.54) is 12.1 Å². The first kappa shape index (κ1) is 13.8. The predicted molar refractivity (Wildman–Crippen MR) is 85.8 cm³/mol. The average molecular weight is 301 g/mol. The minimum Gasteiger partial charge on any atom is -0.344 e. The third-order valence-electron chi connectivity index (χ3n) is 3.46. The highest BCUT2D eigenvalue weighted by atomic mass is 35.5. The van der Waals surface area contributed by atoms with E-state index in [2.05, 4.69) is 4.98 Å². The molecule has 2 aromatic carbocycles. The van der Waals surface area contributed by atoms with E-state index < -0.39 is 0 Å². The lowest BCUT2D eigenvalue weighted by atomic mass is 10.1. The van der Waals surface area contributed by atoms with Crippen LogP contribution in [0.25, 0.3) is 10.9 Å². The topological polar surface area (TPSA) is 16.1 Å². The summed E-state index contributed by atoms with van der Waals surface area (Å²) in [6, 6.07) is 16.3. The van der Waals surface area contributed by atoms with Crippen molar-refractivity contribution in [3.63, 3.8) is 0 Å². The van der Waals surface area contributed by atoms with Crippen molar-refractivity contribution in [3.05, 3.63) is 66.1 Å². The summed E-state index contributed by atoms with van der Waals surface area (Å²) in [6.45, 7) is 0. The van der Waals surface area contributed by atoms with Gasteiger partial charge < -0.3 is 4.90 Å². The second-order valence-corrected chi connectivity index (χ2v) is 5.09. The number of para-hydroxylation sites is 1. The highest BCUT2D eigenvalue weighted by Gasteiger charge is 2.11. The summed E-state index contributed by atoms with van der Waals surface area (Å²) in [7, 11) is 1.95. The van der Waals surface area contributed by atoms with Gasteiger partial charge in [-0.15, -0.1) is 11.6 Å². The third-order valence-corrected chi connectivity index (χ3v) is 3.73.